The highest BCUT2D eigenvalue weighted by molar-refractivity contribution is 9.10. The number of methoxy groups -OCH3 is 1. The summed E-state index contributed by atoms with van der Waals surface area (Å²) in [7, 11) is 1.70. The van der Waals surface area contributed by atoms with Gasteiger partial charge in [-0.2, -0.15) is 0 Å². The third kappa shape index (κ3) is 4.01. The van der Waals surface area contributed by atoms with Crippen LogP contribution >= 0.6 is 31.9 Å². The van der Waals surface area contributed by atoms with E-state index < -0.39 is 0 Å². The molecule has 2 aromatic rings. The molecule has 112 valence electrons. The molecule has 0 aliphatic carbocycles. The lowest BCUT2D eigenvalue weighted by molar-refractivity contribution is 0.415. The van der Waals surface area contributed by atoms with Crippen molar-refractivity contribution >= 4 is 37.5 Å². The number of hydrogen-bond donors (Lipinski definition) is 1. The average Bonchev–Trinajstić information content (AvgIpc) is 2.47. The smallest absolute Gasteiger partial charge is 0.143 e. The molecule has 1 atom stereocenters. The molecule has 0 aliphatic rings. The van der Waals surface area contributed by atoms with Crippen LogP contribution in [0.5, 0.6) is 5.75 Å². The number of nitrogens with one attached hydrogen (secondary N) is 1. The normalized spacial score (nSPS) is 12.0. The molecule has 4 heteroatoms. The van der Waals surface area contributed by atoms with Crippen molar-refractivity contribution in [1.82, 2.24) is 0 Å². The van der Waals surface area contributed by atoms with Gasteiger partial charge in [-0.15, -0.1) is 0 Å². The quantitative estimate of drug-likeness (QED) is 0.641. The molecule has 1 N–H and O–H groups in total. The van der Waals surface area contributed by atoms with Gasteiger partial charge in [0.2, 0.25) is 0 Å². The van der Waals surface area contributed by atoms with E-state index in [4.69, 9.17) is 4.74 Å². The van der Waals surface area contributed by atoms with E-state index in [0.29, 0.717) is 0 Å². The molecule has 0 aromatic heterocycles. The van der Waals surface area contributed by atoms with Crippen molar-refractivity contribution in [3.63, 3.8) is 0 Å². The van der Waals surface area contributed by atoms with E-state index >= 15 is 0 Å². The van der Waals surface area contributed by atoms with E-state index in [1.165, 1.54) is 5.56 Å². The van der Waals surface area contributed by atoms with Crippen molar-refractivity contribution in [2.75, 3.05) is 12.4 Å². The van der Waals surface area contributed by atoms with Gasteiger partial charge in [0.15, 0.2) is 0 Å². The van der Waals surface area contributed by atoms with Gasteiger partial charge in [-0.1, -0.05) is 50.9 Å². The van der Waals surface area contributed by atoms with Gasteiger partial charge in [0.1, 0.15) is 5.75 Å². The van der Waals surface area contributed by atoms with Gasteiger partial charge in [-0.3, -0.25) is 0 Å². The van der Waals surface area contributed by atoms with Crippen LogP contribution in [0.15, 0.2) is 45.3 Å². The molecule has 2 rings (SSSR count). The Morgan fingerprint density at radius 1 is 1.10 bits per heavy atom. The van der Waals surface area contributed by atoms with Gasteiger partial charge >= 0.3 is 0 Å². The first kappa shape index (κ1) is 16.4. The first-order valence-electron chi connectivity index (χ1n) is 6.91. The van der Waals surface area contributed by atoms with Crippen molar-refractivity contribution in [3.05, 3.63) is 56.5 Å². The van der Waals surface area contributed by atoms with Crippen LogP contribution in [0.4, 0.5) is 5.69 Å². The number of halogens is 2. The number of ether oxygens (including phenoxy) is 1. The summed E-state index contributed by atoms with van der Waals surface area (Å²) in [6.07, 6.45) is 1.00. The van der Waals surface area contributed by atoms with Crippen LogP contribution in [0.25, 0.3) is 0 Å². The van der Waals surface area contributed by atoms with Crippen LogP contribution in [-0.4, -0.2) is 7.11 Å². The number of rotatable bonds is 5. The summed E-state index contributed by atoms with van der Waals surface area (Å²) in [6.45, 7) is 4.27. The fourth-order valence-corrected chi connectivity index (χ4v) is 3.16. The molecule has 21 heavy (non-hydrogen) atoms. The molecule has 0 heterocycles. The Morgan fingerprint density at radius 3 is 2.33 bits per heavy atom. The molecule has 0 amide bonds. The maximum Gasteiger partial charge on any atom is 0.143 e. The van der Waals surface area contributed by atoms with Crippen LogP contribution < -0.4 is 10.1 Å². The highest BCUT2D eigenvalue weighted by atomic mass is 79.9. The van der Waals surface area contributed by atoms with Gasteiger partial charge in [-0.25, -0.2) is 0 Å². The standard InChI is InChI=1S/C17H19Br2NO/c1-4-15(12-5-7-13(18)8-6-12)20-17-11(2)9-14(19)10-16(17)21-3/h5-10,15,20H,4H2,1-3H3. The minimum absolute atomic E-state index is 0.256. The minimum Gasteiger partial charge on any atom is -0.495 e. The Morgan fingerprint density at radius 2 is 1.76 bits per heavy atom. The molecule has 0 radical (unpaired) electrons. The molecule has 2 nitrogen and oxygen atoms in total. The van der Waals surface area contributed by atoms with E-state index in [1.54, 1.807) is 7.11 Å². The third-order valence-corrected chi connectivity index (χ3v) is 4.47. The summed E-state index contributed by atoms with van der Waals surface area (Å²) >= 11 is 6.99. The summed E-state index contributed by atoms with van der Waals surface area (Å²) in [4.78, 5) is 0. The first-order chi connectivity index (χ1) is 10.0. The van der Waals surface area contributed by atoms with Crippen LogP contribution in [-0.2, 0) is 0 Å². The van der Waals surface area contributed by atoms with Gasteiger partial charge in [0.25, 0.3) is 0 Å². The van der Waals surface area contributed by atoms with Crippen LogP contribution in [0.1, 0.15) is 30.5 Å². The summed E-state index contributed by atoms with van der Waals surface area (Å²) in [6, 6.07) is 12.8. The lowest BCUT2D eigenvalue weighted by Gasteiger charge is -2.22. The van der Waals surface area contributed by atoms with E-state index in [-0.39, 0.29) is 6.04 Å². The predicted octanol–water partition coefficient (Wildman–Crippen LogP) is 6.09. The zero-order valence-corrected chi connectivity index (χ0v) is 15.6. The van der Waals surface area contributed by atoms with Crippen molar-refractivity contribution in [3.8, 4) is 5.75 Å². The molecule has 0 saturated heterocycles. The summed E-state index contributed by atoms with van der Waals surface area (Å²) in [5.74, 6) is 0.859. The van der Waals surface area contributed by atoms with Crippen molar-refractivity contribution in [1.29, 1.82) is 0 Å². The topological polar surface area (TPSA) is 21.3 Å². The maximum absolute atomic E-state index is 5.51. The SMILES string of the molecule is CCC(Nc1c(C)cc(Br)cc1OC)c1ccc(Br)cc1. The number of aryl methyl sites for hydroxylation is 1. The van der Waals surface area contributed by atoms with Crippen LogP contribution in [0, 0.1) is 6.92 Å². The van der Waals surface area contributed by atoms with E-state index in [0.717, 1.165) is 32.4 Å². The molecular formula is C17H19Br2NO. The molecule has 0 bridgehead atoms. The van der Waals surface area contributed by atoms with Crippen LogP contribution in [0.3, 0.4) is 0 Å². The van der Waals surface area contributed by atoms with Crippen molar-refractivity contribution in [2.24, 2.45) is 0 Å². The monoisotopic (exact) mass is 411 g/mol. The highest BCUT2D eigenvalue weighted by Crippen LogP contribution is 2.35. The van der Waals surface area contributed by atoms with Crippen molar-refractivity contribution in [2.45, 2.75) is 26.3 Å². The maximum atomic E-state index is 5.51. The van der Waals surface area contributed by atoms with Gasteiger partial charge in [0.05, 0.1) is 18.8 Å². The molecule has 0 saturated carbocycles. The number of benzene rings is 2. The molecule has 2 aromatic carbocycles. The Kier molecular flexibility index (Phi) is 5.71. The van der Waals surface area contributed by atoms with E-state index in [9.17, 15) is 0 Å². The van der Waals surface area contributed by atoms with Crippen molar-refractivity contribution < 1.29 is 4.74 Å². The summed E-state index contributed by atoms with van der Waals surface area (Å²) < 4.78 is 7.63. The zero-order chi connectivity index (χ0) is 15.4. The van der Waals surface area contributed by atoms with Crippen LogP contribution in [0.2, 0.25) is 0 Å². The fourth-order valence-electron chi connectivity index (χ4n) is 2.35. The molecule has 0 aliphatic heterocycles. The average molecular weight is 413 g/mol. The fraction of sp³-hybridized carbons (Fsp3) is 0.294. The highest BCUT2D eigenvalue weighted by Gasteiger charge is 2.14. The van der Waals surface area contributed by atoms with Gasteiger partial charge < -0.3 is 10.1 Å². The number of anilines is 1. The Hall–Kier alpha value is -1.00. The second-order valence-electron chi connectivity index (χ2n) is 4.96. The second kappa shape index (κ2) is 7.32. The number of hydrogen-bond acceptors (Lipinski definition) is 2. The van der Waals surface area contributed by atoms with E-state index in [2.05, 4.69) is 81.4 Å². The lowest BCUT2D eigenvalue weighted by Crippen LogP contribution is -2.11. The molecule has 0 fully saturated rings. The predicted molar refractivity (Wildman–Crippen MR) is 96.2 cm³/mol. The molecule has 0 spiro atoms. The van der Waals surface area contributed by atoms with E-state index in [1.807, 2.05) is 6.07 Å². The minimum atomic E-state index is 0.256. The third-order valence-electron chi connectivity index (χ3n) is 3.48. The van der Waals surface area contributed by atoms with Gasteiger partial charge in [0, 0.05) is 8.95 Å². The molecule has 1 unspecified atom stereocenters. The lowest BCUT2D eigenvalue weighted by atomic mass is 10.0. The molecular weight excluding hydrogens is 394 g/mol. The summed E-state index contributed by atoms with van der Waals surface area (Å²) in [5.41, 5.74) is 3.48. The largest absolute Gasteiger partial charge is 0.495 e. The van der Waals surface area contributed by atoms with Gasteiger partial charge in [-0.05, 0) is 48.7 Å². The second-order valence-corrected chi connectivity index (χ2v) is 6.79. The Labute approximate surface area is 143 Å². The Balaban J connectivity index is 2.32. The zero-order valence-electron chi connectivity index (χ0n) is 12.4. The Bertz CT molecular complexity index is 611. The summed E-state index contributed by atoms with van der Waals surface area (Å²) in [5, 5.41) is 3.62. The first-order valence-corrected chi connectivity index (χ1v) is 8.50.